The number of rotatable bonds is 10. The highest BCUT2D eigenvalue weighted by Gasteiger charge is 2.35. The van der Waals surface area contributed by atoms with Crippen LogP contribution in [0.3, 0.4) is 0 Å². The Morgan fingerprint density at radius 2 is 1.54 bits per heavy atom. The number of carbonyl (C=O) groups excluding carboxylic acids is 2. The maximum absolute atomic E-state index is 13.4. The van der Waals surface area contributed by atoms with Crippen molar-refractivity contribution in [2.75, 3.05) is 11.9 Å². The molecular formula is C28H29ClN2O4. The summed E-state index contributed by atoms with van der Waals surface area (Å²) in [7, 11) is 0. The fraction of sp³-hybridized carbons (Fsp3) is 0.250. The van der Waals surface area contributed by atoms with Gasteiger partial charge in [0.15, 0.2) is 0 Å². The molecular weight excluding hydrogens is 464 g/mol. The number of hydrogen-bond donors (Lipinski definition) is 2. The van der Waals surface area contributed by atoms with Crippen LogP contribution in [0.25, 0.3) is 0 Å². The van der Waals surface area contributed by atoms with Crippen molar-refractivity contribution in [3.8, 4) is 0 Å². The van der Waals surface area contributed by atoms with E-state index in [-0.39, 0.29) is 18.4 Å². The number of nitrogens with one attached hydrogen (secondary N) is 1. The van der Waals surface area contributed by atoms with Gasteiger partial charge in [-0.25, -0.2) is 4.79 Å². The number of benzene rings is 3. The number of carboxylic acids is 1. The van der Waals surface area contributed by atoms with E-state index in [1.54, 1.807) is 36.4 Å². The molecule has 3 rings (SSSR count). The molecule has 0 bridgehead atoms. The smallest absolute Gasteiger partial charge is 0.327 e. The summed E-state index contributed by atoms with van der Waals surface area (Å²) >= 11 is 5.94. The molecule has 2 N–H and O–H groups in total. The Morgan fingerprint density at radius 3 is 2.14 bits per heavy atom. The zero-order valence-electron chi connectivity index (χ0n) is 19.8. The lowest BCUT2D eigenvalue weighted by Crippen LogP contribution is -2.50. The number of carboxylic acid groups (broad SMARTS) is 1. The summed E-state index contributed by atoms with van der Waals surface area (Å²) in [5.74, 6) is -2.42. The molecule has 0 saturated heterocycles. The van der Waals surface area contributed by atoms with Gasteiger partial charge in [0.05, 0.1) is 0 Å². The minimum atomic E-state index is -1.33. The SMILES string of the molecule is Cc1cccc(C)c1NCCCC(=O)N(C(=O)c1ccc(Cl)cc1)[C@@H](Cc1ccccc1)C(=O)O. The molecule has 0 unspecified atom stereocenters. The van der Waals surface area contributed by atoms with Gasteiger partial charge in [-0.15, -0.1) is 0 Å². The first-order valence-corrected chi connectivity index (χ1v) is 11.8. The van der Waals surface area contributed by atoms with Crippen molar-refractivity contribution in [1.82, 2.24) is 4.90 Å². The van der Waals surface area contributed by atoms with Gasteiger partial charge in [0.1, 0.15) is 6.04 Å². The van der Waals surface area contributed by atoms with E-state index in [1.807, 2.05) is 38.1 Å². The zero-order valence-corrected chi connectivity index (χ0v) is 20.6. The van der Waals surface area contributed by atoms with E-state index < -0.39 is 23.8 Å². The van der Waals surface area contributed by atoms with E-state index in [0.717, 1.165) is 27.3 Å². The highest BCUT2D eigenvalue weighted by Crippen LogP contribution is 2.21. The lowest BCUT2D eigenvalue weighted by Gasteiger charge is -2.28. The van der Waals surface area contributed by atoms with E-state index in [1.165, 1.54) is 12.1 Å². The van der Waals surface area contributed by atoms with E-state index >= 15 is 0 Å². The Labute approximate surface area is 210 Å². The topological polar surface area (TPSA) is 86.7 Å². The first-order valence-electron chi connectivity index (χ1n) is 11.5. The average molecular weight is 493 g/mol. The first kappa shape index (κ1) is 26.0. The summed E-state index contributed by atoms with van der Waals surface area (Å²) in [5.41, 5.74) is 4.14. The fourth-order valence-corrected chi connectivity index (χ4v) is 4.08. The van der Waals surface area contributed by atoms with Crippen LogP contribution in [0, 0.1) is 13.8 Å². The molecule has 1 atom stereocenters. The number of nitrogens with zero attached hydrogens (tertiary/aromatic N) is 1. The lowest BCUT2D eigenvalue weighted by molar-refractivity contribution is -0.148. The minimum absolute atomic E-state index is 0.0158. The molecule has 182 valence electrons. The Balaban J connectivity index is 1.79. The van der Waals surface area contributed by atoms with Gasteiger partial charge in [-0.1, -0.05) is 60.1 Å². The molecule has 0 heterocycles. The first-order chi connectivity index (χ1) is 16.8. The highest BCUT2D eigenvalue weighted by molar-refractivity contribution is 6.30. The van der Waals surface area contributed by atoms with Gasteiger partial charge in [0, 0.05) is 35.7 Å². The van der Waals surface area contributed by atoms with Gasteiger partial charge >= 0.3 is 5.97 Å². The van der Waals surface area contributed by atoms with E-state index in [2.05, 4.69) is 5.32 Å². The number of imide groups is 1. The van der Waals surface area contributed by atoms with Crippen molar-refractivity contribution >= 4 is 35.1 Å². The van der Waals surface area contributed by atoms with Crippen LogP contribution in [0.4, 0.5) is 5.69 Å². The van der Waals surface area contributed by atoms with Crippen LogP contribution in [0.1, 0.15) is 39.9 Å². The molecule has 0 fully saturated rings. The number of para-hydroxylation sites is 1. The average Bonchev–Trinajstić information content (AvgIpc) is 2.83. The Hall–Kier alpha value is -3.64. The Bertz CT molecular complexity index is 1160. The fourth-order valence-electron chi connectivity index (χ4n) is 3.95. The minimum Gasteiger partial charge on any atom is -0.480 e. The van der Waals surface area contributed by atoms with Crippen LogP contribution in [-0.4, -0.2) is 40.4 Å². The Kier molecular flexibility index (Phi) is 9.04. The number of aliphatic carboxylic acids is 1. The molecule has 0 radical (unpaired) electrons. The van der Waals surface area contributed by atoms with Crippen molar-refractivity contribution in [3.05, 3.63) is 100 Å². The van der Waals surface area contributed by atoms with Crippen LogP contribution in [-0.2, 0) is 16.0 Å². The summed E-state index contributed by atoms with van der Waals surface area (Å²) < 4.78 is 0. The third kappa shape index (κ3) is 6.93. The van der Waals surface area contributed by atoms with Crippen molar-refractivity contribution < 1.29 is 19.5 Å². The third-order valence-electron chi connectivity index (χ3n) is 5.80. The summed E-state index contributed by atoms with van der Waals surface area (Å²) in [4.78, 5) is 39.8. The third-order valence-corrected chi connectivity index (χ3v) is 6.05. The van der Waals surface area contributed by atoms with Gasteiger partial charge < -0.3 is 10.4 Å². The summed E-state index contributed by atoms with van der Waals surface area (Å²) in [6.45, 7) is 4.53. The van der Waals surface area contributed by atoms with Crippen molar-refractivity contribution in [2.24, 2.45) is 0 Å². The molecule has 0 aromatic heterocycles. The highest BCUT2D eigenvalue weighted by atomic mass is 35.5. The second-order valence-corrected chi connectivity index (χ2v) is 8.85. The van der Waals surface area contributed by atoms with Gasteiger partial charge in [-0.2, -0.15) is 0 Å². The van der Waals surface area contributed by atoms with Crippen LogP contribution in [0.15, 0.2) is 72.8 Å². The molecule has 35 heavy (non-hydrogen) atoms. The zero-order chi connectivity index (χ0) is 25.4. The molecule has 0 aliphatic carbocycles. The van der Waals surface area contributed by atoms with E-state index in [0.29, 0.717) is 18.0 Å². The molecule has 7 heteroatoms. The molecule has 0 aliphatic rings. The van der Waals surface area contributed by atoms with Crippen LogP contribution in [0.5, 0.6) is 0 Å². The van der Waals surface area contributed by atoms with E-state index in [9.17, 15) is 19.5 Å². The summed E-state index contributed by atoms with van der Waals surface area (Å²) in [5, 5.41) is 13.8. The van der Waals surface area contributed by atoms with Crippen molar-refractivity contribution in [3.63, 3.8) is 0 Å². The molecule has 0 aliphatic heterocycles. The second-order valence-electron chi connectivity index (χ2n) is 8.42. The number of hydrogen-bond acceptors (Lipinski definition) is 4. The maximum atomic E-state index is 13.4. The monoisotopic (exact) mass is 492 g/mol. The summed E-state index contributed by atoms with van der Waals surface area (Å²) in [6.07, 6.45) is 0.479. The van der Waals surface area contributed by atoms with Gasteiger partial charge in [0.25, 0.3) is 5.91 Å². The molecule has 3 aromatic carbocycles. The molecule has 3 aromatic rings. The van der Waals surface area contributed by atoms with Crippen molar-refractivity contribution in [1.29, 1.82) is 0 Å². The predicted molar refractivity (Wildman–Crippen MR) is 138 cm³/mol. The van der Waals surface area contributed by atoms with Crippen LogP contribution < -0.4 is 5.32 Å². The van der Waals surface area contributed by atoms with Gasteiger partial charge in [-0.3, -0.25) is 14.5 Å². The quantitative estimate of drug-likeness (QED) is 0.364. The number of amides is 2. The van der Waals surface area contributed by atoms with Crippen molar-refractivity contribution in [2.45, 2.75) is 39.2 Å². The predicted octanol–water partition coefficient (Wildman–Crippen LogP) is 5.51. The van der Waals surface area contributed by atoms with E-state index in [4.69, 9.17) is 11.6 Å². The van der Waals surface area contributed by atoms with Crippen LogP contribution in [0.2, 0.25) is 5.02 Å². The maximum Gasteiger partial charge on any atom is 0.327 e. The largest absolute Gasteiger partial charge is 0.480 e. The number of carbonyl (C=O) groups is 3. The van der Waals surface area contributed by atoms with Crippen LogP contribution >= 0.6 is 11.6 Å². The number of halogens is 1. The molecule has 0 saturated carbocycles. The summed E-state index contributed by atoms with van der Waals surface area (Å²) in [6, 6.07) is 19.7. The number of anilines is 1. The molecule has 0 spiro atoms. The normalized spacial score (nSPS) is 11.5. The lowest BCUT2D eigenvalue weighted by atomic mass is 10.0. The molecule has 6 nitrogen and oxygen atoms in total. The number of aryl methyl sites for hydroxylation is 2. The second kappa shape index (κ2) is 12.2. The van der Waals surface area contributed by atoms with Gasteiger partial charge in [-0.05, 0) is 61.2 Å². The standard InChI is InChI=1S/C28H29ClN2O4/c1-19-8-6-9-20(2)26(19)30-17-7-12-25(32)31(27(33)22-13-15-23(29)16-14-22)24(28(34)35)18-21-10-4-3-5-11-21/h3-6,8-11,13-16,24,30H,7,12,17-18H2,1-2H3,(H,34,35)/t24-/m0/s1. The molecule has 2 amide bonds. The van der Waals surface area contributed by atoms with Gasteiger partial charge in [0.2, 0.25) is 5.91 Å². The Morgan fingerprint density at radius 1 is 0.914 bits per heavy atom.